The molecular formula is C19H22FN3O3S. The van der Waals surface area contributed by atoms with E-state index in [0.717, 1.165) is 15.4 Å². The van der Waals surface area contributed by atoms with E-state index in [1.165, 1.54) is 22.5 Å². The van der Waals surface area contributed by atoms with Crippen LogP contribution in [0.25, 0.3) is 0 Å². The minimum absolute atomic E-state index is 0.0356. The second kappa shape index (κ2) is 8.16. The van der Waals surface area contributed by atoms with Gasteiger partial charge in [0.2, 0.25) is 5.91 Å². The average molecular weight is 391 g/mol. The maximum absolute atomic E-state index is 13.7. The summed E-state index contributed by atoms with van der Waals surface area (Å²) in [6.45, 7) is 2.55. The largest absolute Gasteiger partial charge is 0.322 e. The Kier molecular flexibility index (Phi) is 5.88. The summed E-state index contributed by atoms with van der Waals surface area (Å²) in [5, 5.41) is 2.43. The highest BCUT2D eigenvalue weighted by atomic mass is 32.2. The van der Waals surface area contributed by atoms with Crippen LogP contribution in [0.1, 0.15) is 17.5 Å². The molecule has 0 atom stereocenters. The van der Waals surface area contributed by atoms with Crippen molar-refractivity contribution in [2.24, 2.45) is 0 Å². The number of carbonyl (C=O) groups excluding carboxylic acids is 1. The van der Waals surface area contributed by atoms with Gasteiger partial charge in [-0.05, 0) is 31.0 Å². The SMILES string of the molecule is Cc1ccc(CN2CCCN(CC(=O)Nc3ccccc3F)S2(=O)=O)cc1. The molecule has 1 heterocycles. The topological polar surface area (TPSA) is 69.7 Å². The Morgan fingerprint density at radius 3 is 2.44 bits per heavy atom. The molecule has 1 fully saturated rings. The van der Waals surface area contributed by atoms with Crippen LogP contribution in [0.2, 0.25) is 0 Å². The van der Waals surface area contributed by atoms with E-state index in [1.54, 1.807) is 6.07 Å². The van der Waals surface area contributed by atoms with Crippen LogP contribution in [0.3, 0.4) is 0 Å². The number of benzene rings is 2. The van der Waals surface area contributed by atoms with Crippen molar-refractivity contribution in [2.45, 2.75) is 19.9 Å². The molecule has 0 aliphatic carbocycles. The number of para-hydroxylation sites is 1. The lowest BCUT2D eigenvalue weighted by atomic mass is 10.1. The Labute approximate surface area is 158 Å². The van der Waals surface area contributed by atoms with E-state index in [1.807, 2.05) is 31.2 Å². The summed E-state index contributed by atoms with van der Waals surface area (Å²) in [5.41, 5.74) is 2.03. The van der Waals surface area contributed by atoms with Crippen molar-refractivity contribution in [2.75, 3.05) is 25.0 Å². The van der Waals surface area contributed by atoms with Gasteiger partial charge in [0.25, 0.3) is 10.2 Å². The zero-order valence-electron chi connectivity index (χ0n) is 15.1. The Balaban J connectivity index is 1.67. The number of amides is 1. The van der Waals surface area contributed by atoms with E-state index in [0.29, 0.717) is 13.0 Å². The highest BCUT2D eigenvalue weighted by molar-refractivity contribution is 7.86. The first-order valence-corrected chi connectivity index (χ1v) is 10.1. The molecule has 0 bridgehead atoms. The number of hydrogen-bond donors (Lipinski definition) is 1. The predicted octanol–water partition coefficient (Wildman–Crippen LogP) is 2.53. The third-order valence-corrected chi connectivity index (χ3v) is 6.34. The first-order valence-electron chi connectivity index (χ1n) is 8.71. The lowest BCUT2D eigenvalue weighted by Crippen LogP contribution is -2.51. The number of halogens is 1. The minimum atomic E-state index is -3.76. The third kappa shape index (κ3) is 4.71. The zero-order chi connectivity index (χ0) is 19.4. The summed E-state index contributed by atoms with van der Waals surface area (Å²) in [6, 6.07) is 13.4. The highest BCUT2D eigenvalue weighted by Gasteiger charge is 2.34. The van der Waals surface area contributed by atoms with Gasteiger partial charge in [-0.2, -0.15) is 17.0 Å². The van der Waals surface area contributed by atoms with E-state index in [-0.39, 0.29) is 25.3 Å². The number of aryl methyl sites for hydroxylation is 1. The predicted molar refractivity (Wildman–Crippen MR) is 102 cm³/mol. The van der Waals surface area contributed by atoms with E-state index < -0.39 is 21.9 Å². The molecule has 0 radical (unpaired) electrons. The fraction of sp³-hybridized carbons (Fsp3) is 0.316. The lowest BCUT2D eigenvalue weighted by Gasteiger charge is -2.34. The highest BCUT2D eigenvalue weighted by Crippen LogP contribution is 2.20. The van der Waals surface area contributed by atoms with Crippen LogP contribution in [-0.2, 0) is 21.5 Å². The van der Waals surface area contributed by atoms with Crippen LogP contribution in [0.15, 0.2) is 48.5 Å². The quantitative estimate of drug-likeness (QED) is 0.852. The molecular weight excluding hydrogens is 369 g/mol. The molecule has 1 aliphatic rings. The number of rotatable bonds is 5. The van der Waals surface area contributed by atoms with Crippen LogP contribution >= 0.6 is 0 Å². The molecule has 1 aliphatic heterocycles. The van der Waals surface area contributed by atoms with Gasteiger partial charge in [0.1, 0.15) is 5.82 Å². The maximum atomic E-state index is 13.7. The molecule has 0 aromatic heterocycles. The molecule has 0 unspecified atom stereocenters. The number of nitrogens with zero attached hydrogens (tertiary/aromatic N) is 2. The van der Waals surface area contributed by atoms with Gasteiger partial charge < -0.3 is 5.32 Å². The smallest absolute Gasteiger partial charge is 0.282 e. The second-order valence-electron chi connectivity index (χ2n) is 6.54. The van der Waals surface area contributed by atoms with Crippen LogP contribution < -0.4 is 5.32 Å². The molecule has 3 rings (SSSR count). The summed E-state index contributed by atoms with van der Waals surface area (Å²) in [7, 11) is -3.76. The summed E-state index contributed by atoms with van der Waals surface area (Å²) < 4.78 is 41.8. The number of anilines is 1. The Hall–Kier alpha value is -2.29. The third-order valence-electron chi connectivity index (χ3n) is 4.42. The van der Waals surface area contributed by atoms with Crippen LogP contribution in [0.5, 0.6) is 0 Å². The van der Waals surface area contributed by atoms with E-state index in [2.05, 4.69) is 5.32 Å². The zero-order valence-corrected chi connectivity index (χ0v) is 15.9. The molecule has 1 N–H and O–H groups in total. The molecule has 2 aromatic carbocycles. The maximum Gasteiger partial charge on any atom is 0.282 e. The standard InChI is InChI=1S/C19H22FN3O3S/c1-15-7-9-16(10-8-15)13-22-11-4-12-23(27(22,25)26)14-19(24)21-18-6-3-2-5-17(18)20/h2-3,5-10H,4,11-14H2,1H3,(H,21,24). The van der Waals surface area contributed by atoms with Gasteiger partial charge in [-0.3, -0.25) is 4.79 Å². The molecule has 2 aromatic rings. The number of carbonyl (C=O) groups is 1. The lowest BCUT2D eigenvalue weighted by molar-refractivity contribution is -0.116. The molecule has 0 saturated carbocycles. The number of hydrogen-bond acceptors (Lipinski definition) is 3. The summed E-state index contributed by atoms with van der Waals surface area (Å²) in [4.78, 5) is 12.2. The minimum Gasteiger partial charge on any atom is -0.322 e. The Bertz CT molecular complexity index is 916. The van der Waals surface area contributed by atoms with Gasteiger partial charge in [-0.1, -0.05) is 42.0 Å². The van der Waals surface area contributed by atoms with Gasteiger partial charge in [0, 0.05) is 19.6 Å². The fourth-order valence-corrected chi connectivity index (χ4v) is 4.59. The van der Waals surface area contributed by atoms with Crippen molar-refractivity contribution < 1.29 is 17.6 Å². The second-order valence-corrected chi connectivity index (χ2v) is 8.47. The molecule has 8 heteroatoms. The summed E-state index contributed by atoms with van der Waals surface area (Å²) in [5.74, 6) is -1.13. The van der Waals surface area contributed by atoms with Gasteiger partial charge in [-0.25, -0.2) is 4.39 Å². The monoisotopic (exact) mass is 391 g/mol. The molecule has 1 amide bonds. The van der Waals surface area contributed by atoms with Gasteiger partial charge in [0.15, 0.2) is 0 Å². The molecule has 27 heavy (non-hydrogen) atoms. The molecule has 1 saturated heterocycles. The first-order chi connectivity index (χ1) is 12.9. The average Bonchev–Trinajstić information content (AvgIpc) is 2.62. The van der Waals surface area contributed by atoms with Gasteiger partial charge in [0.05, 0.1) is 12.2 Å². The Morgan fingerprint density at radius 1 is 1.07 bits per heavy atom. The summed E-state index contributed by atoms with van der Waals surface area (Å²) in [6.07, 6.45) is 0.623. The van der Waals surface area contributed by atoms with E-state index >= 15 is 0 Å². The molecule has 6 nitrogen and oxygen atoms in total. The van der Waals surface area contributed by atoms with Crippen LogP contribution in [0.4, 0.5) is 10.1 Å². The fourth-order valence-electron chi connectivity index (χ4n) is 2.95. The van der Waals surface area contributed by atoms with Crippen LogP contribution in [0, 0.1) is 12.7 Å². The van der Waals surface area contributed by atoms with Gasteiger partial charge >= 0.3 is 0 Å². The first kappa shape index (κ1) is 19.5. The van der Waals surface area contributed by atoms with Crippen LogP contribution in [-0.4, -0.2) is 42.6 Å². The van der Waals surface area contributed by atoms with E-state index in [9.17, 15) is 17.6 Å². The van der Waals surface area contributed by atoms with Crippen molar-refractivity contribution in [3.05, 3.63) is 65.5 Å². The van der Waals surface area contributed by atoms with Crippen molar-refractivity contribution in [3.8, 4) is 0 Å². The van der Waals surface area contributed by atoms with E-state index in [4.69, 9.17) is 0 Å². The normalized spacial score (nSPS) is 17.6. The van der Waals surface area contributed by atoms with Gasteiger partial charge in [-0.15, -0.1) is 0 Å². The molecule has 0 spiro atoms. The number of nitrogens with one attached hydrogen (secondary N) is 1. The van der Waals surface area contributed by atoms with Crippen molar-refractivity contribution in [1.29, 1.82) is 0 Å². The van der Waals surface area contributed by atoms with Crippen molar-refractivity contribution in [1.82, 2.24) is 8.61 Å². The Morgan fingerprint density at radius 2 is 1.74 bits per heavy atom. The van der Waals surface area contributed by atoms with Crippen molar-refractivity contribution >= 4 is 21.8 Å². The summed E-state index contributed by atoms with van der Waals surface area (Å²) >= 11 is 0. The van der Waals surface area contributed by atoms with Crippen molar-refractivity contribution in [3.63, 3.8) is 0 Å². The molecule has 144 valence electrons.